The van der Waals surface area contributed by atoms with Gasteiger partial charge < -0.3 is 0 Å². The quantitative estimate of drug-likeness (QED) is 0.216. The van der Waals surface area contributed by atoms with Crippen LogP contribution in [0.2, 0.25) is 0 Å². The summed E-state index contributed by atoms with van der Waals surface area (Å²) in [6.07, 6.45) is -4.34. The first-order chi connectivity index (χ1) is 12.2. The molecule has 1 heterocycles. The van der Waals surface area contributed by atoms with Crippen molar-refractivity contribution in [2.45, 2.75) is 17.6 Å². The summed E-state index contributed by atoms with van der Waals surface area (Å²) in [5, 5.41) is 3.46. The molecule has 0 bridgehead atoms. The van der Waals surface area contributed by atoms with Crippen LogP contribution in [-0.4, -0.2) is 27.8 Å². The van der Waals surface area contributed by atoms with Crippen molar-refractivity contribution >= 4 is 41.1 Å². The highest BCUT2D eigenvalue weighted by molar-refractivity contribution is 7.99. The smallest absolute Gasteiger partial charge is 0.278 e. The van der Waals surface area contributed by atoms with Gasteiger partial charge >= 0.3 is 6.18 Å². The minimum atomic E-state index is -4.88. The van der Waals surface area contributed by atoms with Crippen molar-refractivity contribution in [1.29, 1.82) is 0 Å². The van der Waals surface area contributed by atoms with Crippen molar-refractivity contribution in [3.05, 3.63) is 35.5 Å². The largest absolute Gasteiger partial charge is 0.437 e. The molecule has 0 saturated heterocycles. The van der Waals surface area contributed by atoms with Crippen LogP contribution in [0.25, 0.3) is 0 Å². The molecule has 142 valence electrons. The molecule has 0 saturated carbocycles. The molecule has 0 aliphatic carbocycles. The SMILES string of the molecule is Cn1nc(C(F)(F)F)c(N(C=O)c2ccc(F)cc2F)c1SCCCCl. The number of carbonyl (C=O) groups excluding carboxylic acids is 1. The maximum Gasteiger partial charge on any atom is 0.437 e. The van der Waals surface area contributed by atoms with Crippen LogP contribution in [0.5, 0.6) is 0 Å². The molecule has 1 aromatic heterocycles. The van der Waals surface area contributed by atoms with Crippen molar-refractivity contribution < 1.29 is 26.7 Å². The standard InChI is InChI=1S/C15H13ClF5N3OS/c1-23-14(26-6-2-5-16)12(13(22-23)15(19,20)21)24(8-25)11-4-3-9(17)7-10(11)18/h3-4,7-8H,2,5-6H2,1H3. The Morgan fingerprint density at radius 3 is 2.58 bits per heavy atom. The van der Waals surface area contributed by atoms with Gasteiger partial charge in [-0.2, -0.15) is 18.3 Å². The number of alkyl halides is 4. The summed E-state index contributed by atoms with van der Waals surface area (Å²) in [5.41, 5.74) is -2.47. The van der Waals surface area contributed by atoms with Crippen LogP contribution < -0.4 is 4.90 Å². The van der Waals surface area contributed by atoms with Gasteiger partial charge in [-0.15, -0.1) is 23.4 Å². The van der Waals surface area contributed by atoms with Crippen LogP contribution in [0.3, 0.4) is 0 Å². The maximum atomic E-state index is 14.1. The Bertz CT molecular complexity index is 796. The zero-order chi connectivity index (χ0) is 19.5. The van der Waals surface area contributed by atoms with E-state index in [0.29, 0.717) is 29.0 Å². The topological polar surface area (TPSA) is 38.1 Å². The maximum absolute atomic E-state index is 14.1. The molecule has 0 fully saturated rings. The Labute approximate surface area is 154 Å². The highest BCUT2D eigenvalue weighted by atomic mass is 35.5. The molecule has 0 aliphatic rings. The van der Waals surface area contributed by atoms with Crippen LogP contribution in [0.15, 0.2) is 23.2 Å². The van der Waals surface area contributed by atoms with Gasteiger partial charge in [0, 0.05) is 24.7 Å². The summed E-state index contributed by atoms with van der Waals surface area (Å²) < 4.78 is 68.4. The molecule has 2 rings (SSSR count). The number of aryl methyl sites for hydroxylation is 1. The van der Waals surface area contributed by atoms with Gasteiger partial charge in [-0.05, 0) is 18.6 Å². The van der Waals surface area contributed by atoms with Crippen molar-refractivity contribution in [2.75, 3.05) is 16.5 Å². The molecule has 0 spiro atoms. The predicted octanol–water partition coefficient (Wildman–Crippen LogP) is 4.73. The van der Waals surface area contributed by atoms with Crippen LogP contribution in [0, 0.1) is 11.6 Å². The number of rotatable bonds is 7. The van der Waals surface area contributed by atoms with Crippen molar-refractivity contribution in [2.24, 2.45) is 7.05 Å². The fourth-order valence-corrected chi connectivity index (χ4v) is 3.53. The van der Waals surface area contributed by atoms with E-state index in [9.17, 15) is 26.7 Å². The third-order valence-corrected chi connectivity index (χ3v) is 4.76. The zero-order valence-electron chi connectivity index (χ0n) is 13.4. The van der Waals surface area contributed by atoms with E-state index < -0.39 is 34.9 Å². The van der Waals surface area contributed by atoms with Gasteiger partial charge in [-0.1, -0.05) is 0 Å². The number of hydrogen-bond donors (Lipinski definition) is 0. The zero-order valence-corrected chi connectivity index (χ0v) is 14.9. The summed E-state index contributed by atoms with van der Waals surface area (Å²) in [6, 6.07) is 2.22. The van der Waals surface area contributed by atoms with Crippen molar-refractivity contribution in [3.63, 3.8) is 0 Å². The number of nitrogens with zero attached hydrogens (tertiary/aromatic N) is 3. The number of hydrogen-bond acceptors (Lipinski definition) is 3. The monoisotopic (exact) mass is 413 g/mol. The molecular weight excluding hydrogens is 401 g/mol. The minimum Gasteiger partial charge on any atom is -0.278 e. The van der Waals surface area contributed by atoms with Crippen molar-refractivity contribution in [3.8, 4) is 0 Å². The molecule has 11 heteroatoms. The first kappa shape index (κ1) is 20.5. The second-order valence-electron chi connectivity index (χ2n) is 5.09. The Morgan fingerprint density at radius 1 is 1.35 bits per heavy atom. The molecule has 1 amide bonds. The molecule has 0 unspecified atom stereocenters. The number of anilines is 2. The number of halogens is 6. The molecular formula is C15H13ClF5N3OS. The Kier molecular flexibility index (Phi) is 6.51. The fourth-order valence-electron chi connectivity index (χ4n) is 2.20. The number of aromatic nitrogens is 2. The van der Waals surface area contributed by atoms with E-state index >= 15 is 0 Å². The van der Waals surface area contributed by atoms with E-state index in [1.807, 2.05) is 0 Å². The van der Waals surface area contributed by atoms with E-state index in [2.05, 4.69) is 5.10 Å². The lowest BCUT2D eigenvalue weighted by molar-refractivity contribution is -0.140. The molecule has 0 radical (unpaired) electrons. The Hall–Kier alpha value is -1.81. The van der Waals surface area contributed by atoms with Crippen LogP contribution in [0.1, 0.15) is 12.1 Å². The second-order valence-corrected chi connectivity index (χ2v) is 6.55. The fraction of sp³-hybridized carbons (Fsp3) is 0.333. The lowest BCUT2D eigenvalue weighted by Crippen LogP contribution is -2.20. The van der Waals surface area contributed by atoms with Gasteiger partial charge in [0.2, 0.25) is 6.41 Å². The summed E-state index contributed by atoms with van der Waals surface area (Å²) >= 11 is 6.58. The summed E-state index contributed by atoms with van der Waals surface area (Å²) in [7, 11) is 1.28. The van der Waals surface area contributed by atoms with Crippen LogP contribution in [0.4, 0.5) is 33.3 Å². The predicted molar refractivity (Wildman–Crippen MR) is 88.8 cm³/mol. The molecule has 4 nitrogen and oxygen atoms in total. The lowest BCUT2D eigenvalue weighted by atomic mass is 10.2. The second kappa shape index (κ2) is 8.26. The van der Waals surface area contributed by atoms with E-state index in [4.69, 9.17) is 11.6 Å². The van der Waals surface area contributed by atoms with Crippen molar-refractivity contribution in [1.82, 2.24) is 9.78 Å². The van der Waals surface area contributed by atoms with Gasteiger partial charge in [0.05, 0.1) is 5.69 Å². The first-order valence-electron chi connectivity index (χ1n) is 7.23. The first-order valence-corrected chi connectivity index (χ1v) is 8.75. The molecule has 0 aliphatic heterocycles. The van der Waals surface area contributed by atoms with Gasteiger partial charge in [0.25, 0.3) is 0 Å². The normalized spacial score (nSPS) is 11.7. The average Bonchev–Trinajstić information content (AvgIpc) is 2.88. The molecule has 2 aromatic rings. The number of benzene rings is 1. The van der Waals surface area contributed by atoms with E-state index in [1.54, 1.807) is 0 Å². The molecule has 0 atom stereocenters. The average molecular weight is 414 g/mol. The lowest BCUT2D eigenvalue weighted by Gasteiger charge is -2.20. The number of thioether (sulfide) groups is 1. The number of amides is 1. The number of carbonyl (C=O) groups is 1. The Morgan fingerprint density at radius 2 is 2.04 bits per heavy atom. The molecule has 0 N–H and O–H groups in total. The van der Waals surface area contributed by atoms with Gasteiger partial charge in [0.1, 0.15) is 22.3 Å². The van der Waals surface area contributed by atoms with Gasteiger partial charge in [-0.3, -0.25) is 14.4 Å². The molecule has 26 heavy (non-hydrogen) atoms. The van der Waals surface area contributed by atoms with Crippen LogP contribution >= 0.6 is 23.4 Å². The third kappa shape index (κ3) is 4.29. The van der Waals surface area contributed by atoms with E-state index in [-0.39, 0.29) is 11.4 Å². The van der Waals surface area contributed by atoms with E-state index in [0.717, 1.165) is 28.6 Å². The Balaban J connectivity index is 2.64. The highest BCUT2D eigenvalue weighted by Crippen LogP contribution is 2.44. The van der Waals surface area contributed by atoms with Gasteiger partial charge in [-0.25, -0.2) is 8.78 Å². The summed E-state index contributed by atoms with van der Waals surface area (Å²) in [5.74, 6) is -1.43. The highest BCUT2D eigenvalue weighted by Gasteiger charge is 2.41. The van der Waals surface area contributed by atoms with Crippen LogP contribution in [-0.2, 0) is 18.0 Å². The third-order valence-electron chi connectivity index (χ3n) is 3.27. The summed E-state index contributed by atoms with van der Waals surface area (Å²) in [4.78, 5) is 12.0. The summed E-state index contributed by atoms with van der Waals surface area (Å²) in [6.45, 7) is 0. The van der Waals surface area contributed by atoms with Gasteiger partial charge in [0.15, 0.2) is 5.69 Å². The van der Waals surface area contributed by atoms with E-state index in [1.165, 1.54) is 7.05 Å². The minimum absolute atomic E-state index is 0.0123. The molecule has 1 aromatic carbocycles.